The largest absolute Gasteiger partial charge is 0.357 e. The van der Waals surface area contributed by atoms with Gasteiger partial charge < -0.3 is 20.9 Å². The highest BCUT2D eigenvalue weighted by Gasteiger charge is 2.25. The Balaban J connectivity index is 1.98. The third kappa shape index (κ3) is 7.07. The molecule has 7 nitrogen and oxygen atoms in total. The van der Waals surface area contributed by atoms with Crippen molar-refractivity contribution in [3.05, 3.63) is 35.4 Å². The molecule has 2 amide bonds. The van der Waals surface area contributed by atoms with E-state index in [1.54, 1.807) is 0 Å². The van der Waals surface area contributed by atoms with Crippen LogP contribution in [-0.2, 0) is 11.3 Å². The second-order valence-electron chi connectivity index (χ2n) is 7.50. The SMILES string of the molecule is CCNC(=NCc1cccc(C(=O)NC(C)CC)c1)NC1CCN(C(=O)CC)C1. The lowest BCUT2D eigenvalue weighted by Crippen LogP contribution is -2.45. The van der Waals surface area contributed by atoms with Crippen molar-refractivity contribution in [1.29, 1.82) is 0 Å². The molecule has 2 rings (SSSR count). The fraction of sp³-hybridized carbons (Fsp3) is 0.591. The van der Waals surface area contributed by atoms with Gasteiger partial charge in [-0.15, -0.1) is 0 Å². The highest BCUT2D eigenvalue weighted by atomic mass is 16.2. The summed E-state index contributed by atoms with van der Waals surface area (Å²) in [5, 5.41) is 9.69. The number of rotatable bonds is 8. The van der Waals surface area contributed by atoms with E-state index in [-0.39, 0.29) is 23.9 Å². The smallest absolute Gasteiger partial charge is 0.251 e. The average Bonchev–Trinajstić information content (AvgIpc) is 3.20. The van der Waals surface area contributed by atoms with E-state index >= 15 is 0 Å². The Bertz CT molecular complexity index is 719. The summed E-state index contributed by atoms with van der Waals surface area (Å²) in [7, 11) is 0. The number of aliphatic imine (C=N–C) groups is 1. The molecule has 0 radical (unpaired) electrons. The molecule has 1 saturated heterocycles. The number of likely N-dealkylation sites (tertiary alicyclic amines) is 1. The lowest BCUT2D eigenvalue weighted by molar-refractivity contribution is -0.129. The molecule has 29 heavy (non-hydrogen) atoms. The second-order valence-corrected chi connectivity index (χ2v) is 7.50. The van der Waals surface area contributed by atoms with Crippen LogP contribution >= 0.6 is 0 Å². The number of carbonyl (C=O) groups excluding carboxylic acids is 2. The van der Waals surface area contributed by atoms with E-state index in [4.69, 9.17) is 0 Å². The highest BCUT2D eigenvalue weighted by Crippen LogP contribution is 2.11. The van der Waals surface area contributed by atoms with Crippen molar-refractivity contribution in [3.8, 4) is 0 Å². The minimum Gasteiger partial charge on any atom is -0.357 e. The van der Waals surface area contributed by atoms with E-state index in [2.05, 4.69) is 20.9 Å². The first-order chi connectivity index (χ1) is 14.0. The van der Waals surface area contributed by atoms with Crippen LogP contribution in [0.4, 0.5) is 0 Å². The number of nitrogens with zero attached hydrogens (tertiary/aromatic N) is 2. The van der Waals surface area contributed by atoms with E-state index < -0.39 is 0 Å². The Kier molecular flexibility index (Phi) is 8.96. The molecule has 1 aromatic rings. The molecule has 3 N–H and O–H groups in total. The fourth-order valence-electron chi connectivity index (χ4n) is 3.23. The van der Waals surface area contributed by atoms with Crippen LogP contribution in [0.1, 0.15) is 62.9 Å². The Labute approximate surface area is 174 Å². The van der Waals surface area contributed by atoms with E-state index in [0.29, 0.717) is 25.1 Å². The van der Waals surface area contributed by atoms with Gasteiger partial charge in [0.15, 0.2) is 5.96 Å². The first-order valence-corrected chi connectivity index (χ1v) is 10.7. The highest BCUT2D eigenvalue weighted by molar-refractivity contribution is 5.94. The van der Waals surface area contributed by atoms with Gasteiger partial charge in [0.2, 0.25) is 5.91 Å². The average molecular weight is 402 g/mol. The molecule has 160 valence electrons. The van der Waals surface area contributed by atoms with Crippen LogP contribution in [0.25, 0.3) is 0 Å². The lowest BCUT2D eigenvalue weighted by atomic mass is 10.1. The van der Waals surface area contributed by atoms with Gasteiger partial charge in [-0.3, -0.25) is 9.59 Å². The van der Waals surface area contributed by atoms with Crippen molar-refractivity contribution in [2.75, 3.05) is 19.6 Å². The summed E-state index contributed by atoms with van der Waals surface area (Å²) >= 11 is 0. The van der Waals surface area contributed by atoms with Gasteiger partial charge >= 0.3 is 0 Å². The fourth-order valence-corrected chi connectivity index (χ4v) is 3.23. The van der Waals surface area contributed by atoms with Crippen molar-refractivity contribution in [2.24, 2.45) is 4.99 Å². The molecule has 0 aromatic heterocycles. The van der Waals surface area contributed by atoms with Gasteiger partial charge in [-0.2, -0.15) is 0 Å². The van der Waals surface area contributed by atoms with Crippen LogP contribution in [-0.4, -0.2) is 54.4 Å². The van der Waals surface area contributed by atoms with Crippen LogP contribution in [0.2, 0.25) is 0 Å². The number of hydrogen-bond donors (Lipinski definition) is 3. The normalized spacial score (nSPS) is 17.7. The quantitative estimate of drug-likeness (QED) is 0.461. The van der Waals surface area contributed by atoms with Crippen molar-refractivity contribution >= 4 is 17.8 Å². The minimum atomic E-state index is -0.0538. The third-order valence-electron chi connectivity index (χ3n) is 5.13. The predicted molar refractivity (Wildman–Crippen MR) is 117 cm³/mol. The van der Waals surface area contributed by atoms with E-state index in [1.807, 2.05) is 56.9 Å². The van der Waals surface area contributed by atoms with Crippen LogP contribution in [0.5, 0.6) is 0 Å². The molecule has 7 heteroatoms. The molecule has 1 aliphatic rings. The Morgan fingerprint density at radius 2 is 2.07 bits per heavy atom. The maximum atomic E-state index is 12.3. The van der Waals surface area contributed by atoms with Gasteiger partial charge in [0.05, 0.1) is 6.54 Å². The van der Waals surface area contributed by atoms with Crippen molar-refractivity contribution in [1.82, 2.24) is 20.9 Å². The van der Waals surface area contributed by atoms with Crippen molar-refractivity contribution < 1.29 is 9.59 Å². The summed E-state index contributed by atoms with van der Waals surface area (Å²) < 4.78 is 0. The summed E-state index contributed by atoms with van der Waals surface area (Å²) in [5.41, 5.74) is 1.63. The maximum Gasteiger partial charge on any atom is 0.251 e. The van der Waals surface area contributed by atoms with E-state index in [9.17, 15) is 9.59 Å². The monoisotopic (exact) mass is 401 g/mol. The zero-order valence-electron chi connectivity index (χ0n) is 18.1. The molecule has 0 aliphatic carbocycles. The molecule has 1 aromatic carbocycles. The Morgan fingerprint density at radius 3 is 2.76 bits per heavy atom. The van der Waals surface area contributed by atoms with Crippen molar-refractivity contribution in [2.45, 2.75) is 65.6 Å². The number of guanidine groups is 1. The topological polar surface area (TPSA) is 85.8 Å². The van der Waals surface area contributed by atoms with E-state index in [1.165, 1.54) is 0 Å². The van der Waals surface area contributed by atoms with Crippen LogP contribution in [0.3, 0.4) is 0 Å². The van der Waals surface area contributed by atoms with Crippen LogP contribution in [0, 0.1) is 0 Å². The third-order valence-corrected chi connectivity index (χ3v) is 5.13. The summed E-state index contributed by atoms with van der Waals surface area (Å²) in [4.78, 5) is 30.8. The standard InChI is InChI=1S/C22H35N5O2/c1-5-16(4)25-21(29)18-10-8-9-17(13-18)14-24-22(23-7-3)26-19-11-12-27(15-19)20(28)6-2/h8-10,13,16,19H,5-7,11-12,14-15H2,1-4H3,(H,25,29)(H2,23,24,26). The first-order valence-electron chi connectivity index (χ1n) is 10.7. The molecule has 2 unspecified atom stereocenters. The maximum absolute atomic E-state index is 12.3. The molecular formula is C22H35N5O2. The minimum absolute atomic E-state index is 0.0538. The summed E-state index contributed by atoms with van der Waals surface area (Å²) in [6.07, 6.45) is 2.36. The van der Waals surface area contributed by atoms with Crippen LogP contribution < -0.4 is 16.0 Å². The molecule has 0 saturated carbocycles. The Hall–Kier alpha value is -2.57. The number of amides is 2. The molecule has 0 spiro atoms. The molecule has 1 aliphatic heterocycles. The predicted octanol–water partition coefficient (Wildman–Crippen LogP) is 2.28. The number of hydrogen-bond acceptors (Lipinski definition) is 3. The molecule has 1 fully saturated rings. The van der Waals surface area contributed by atoms with E-state index in [0.717, 1.165) is 37.5 Å². The van der Waals surface area contributed by atoms with Crippen LogP contribution in [0.15, 0.2) is 29.3 Å². The number of benzene rings is 1. The van der Waals surface area contributed by atoms with Gasteiger partial charge in [-0.25, -0.2) is 4.99 Å². The Morgan fingerprint density at radius 1 is 1.28 bits per heavy atom. The van der Waals surface area contributed by atoms with Gasteiger partial charge in [0.25, 0.3) is 5.91 Å². The number of nitrogens with one attached hydrogen (secondary N) is 3. The number of carbonyl (C=O) groups is 2. The molecule has 0 bridgehead atoms. The summed E-state index contributed by atoms with van der Waals surface area (Å²) in [5.74, 6) is 0.878. The van der Waals surface area contributed by atoms with Gasteiger partial charge in [-0.05, 0) is 44.4 Å². The first kappa shape index (κ1) is 22.7. The van der Waals surface area contributed by atoms with Crippen molar-refractivity contribution in [3.63, 3.8) is 0 Å². The van der Waals surface area contributed by atoms with Gasteiger partial charge in [-0.1, -0.05) is 26.0 Å². The molecular weight excluding hydrogens is 366 g/mol. The molecule has 1 heterocycles. The summed E-state index contributed by atoms with van der Waals surface area (Å²) in [6, 6.07) is 7.94. The zero-order chi connectivity index (χ0) is 21.2. The molecule has 2 atom stereocenters. The zero-order valence-corrected chi connectivity index (χ0v) is 18.1. The van der Waals surface area contributed by atoms with Gasteiger partial charge in [0.1, 0.15) is 0 Å². The summed E-state index contributed by atoms with van der Waals surface area (Å²) in [6.45, 7) is 10.7. The second kappa shape index (κ2) is 11.4. The van der Waals surface area contributed by atoms with Gasteiger partial charge in [0, 0.05) is 43.7 Å². The lowest BCUT2D eigenvalue weighted by Gasteiger charge is -2.18.